The highest BCUT2D eigenvalue weighted by Gasteiger charge is 2.31. The Bertz CT molecular complexity index is 584. The Labute approximate surface area is 117 Å². The highest BCUT2D eigenvalue weighted by molar-refractivity contribution is 7.89. The van der Waals surface area contributed by atoms with E-state index in [0.29, 0.717) is 19.6 Å². The van der Waals surface area contributed by atoms with Crippen LogP contribution in [0.4, 0.5) is 8.78 Å². The minimum atomic E-state index is -3.87. The molecule has 1 fully saturated rings. The lowest BCUT2D eigenvalue weighted by molar-refractivity contribution is 0.464. The fourth-order valence-electron chi connectivity index (χ4n) is 2.25. The molecule has 0 aliphatic carbocycles. The Balaban J connectivity index is 2.41. The van der Waals surface area contributed by atoms with Crippen LogP contribution in [-0.4, -0.2) is 32.4 Å². The van der Waals surface area contributed by atoms with Gasteiger partial charge in [0.15, 0.2) is 5.82 Å². The monoisotopic (exact) mass is 304 g/mol. The SMILES string of the molecule is CCNCc1c(F)ccc(S(=O)(=O)N2CCCC2)c1F. The van der Waals surface area contributed by atoms with Crippen molar-refractivity contribution in [1.29, 1.82) is 0 Å². The van der Waals surface area contributed by atoms with E-state index in [1.54, 1.807) is 6.92 Å². The van der Waals surface area contributed by atoms with E-state index in [-0.39, 0.29) is 12.1 Å². The second-order valence-corrected chi connectivity index (χ2v) is 6.64. The van der Waals surface area contributed by atoms with Crippen LogP contribution in [-0.2, 0) is 16.6 Å². The average Bonchev–Trinajstić information content (AvgIpc) is 2.92. The smallest absolute Gasteiger partial charge is 0.245 e. The lowest BCUT2D eigenvalue weighted by atomic mass is 10.2. The van der Waals surface area contributed by atoms with E-state index in [1.807, 2.05) is 0 Å². The van der Waals surface area contributed by atoms with Crippen molar-refractivity contribution in [2.24, 2.45) is 0 Å². The molecule has 0 saturated carbocycles. The van der Waals surface area contributed by atoms with E-state index in [9.17, 15) is 17.2 Å². The van der Waals surface area contributed by atoms with Gasteiger partial charge in [0.25, 0.3) is 0 Å². The molecule has 1 aliphatic rings. The molecule has 1 aromatic rings. The van der Waals surface area contributed by atoms with Crippen molar-refractivity contribution in [3.8, 4) is 0 Å². The van der Waals surface area contributed by atoms with Crippen molar-refractivity contribution in [2.75, 3.05) is 19.6 Å². The van der Waals surface area contributed by atoms with Crippen LogP contribution in [0.15, 0.2) is 17.0 Å². The Morgan fingerprint density at radius 2 is 1.90 bits per heavy atom. The first kappa shape index (κ1) is 15.3. The molecule has 112 valence electrons. The van der Waals surface area contributed by atoms with Crippen LogP contribution in [0.3, 0.4) is 0 Å². The number of halogens is 2. The van der Waals surface area contributed by atoms with Gasteiger partial charge in [-0.3, -0.25) is 0 Å². The summed E-state index contributed by atoms with van der Waals surface area (Å²) in [6.45, 7) is 3.10. The predicted molar refractivity (Wildman–Crippen MR) is 71.7 cm³/mol. The largest absolute Gasteiger partial charge is 0.313 e. The van der Waals surface area contributed by atoms with E-state index >= 15 is 0 Å². The third-order valence-electron chi connectivity index (χ3n) is 3.39. The van der Waals surface area contributed by atoms with E-state index in [2.05, 4.69) is 5.32 Å². The molecular weight excluding hydrogens is 286 g/mol. The van der Waals surface area contributed by atoms with Gasteiger partial charge >= 0.3 is 0 Å². The quantitative estimate of drug-likeness (QED) is 0.903. The zero-order valence-electron chi connectivity index (χ0n) is 11.3. The lowest BCUT2D eigenvalue weighted by Gasteiger charge is -2.17. The van der Waals surface area contributed by atoms with Gasteiger partial charge in [-0.05, 0) is 31.5 Å². The maximum atomic E-state index is 14.3. The third kappa shape index (κ3) is 2.84. The molecule has 0 spiro atoms. The number of rotatable bonds is 5. The van der Waals surface area contributed by atoms with Gasteiger partial charge in [-0.15, -0.1) is 0 Å². The molecule has 1 aromatic carbocycles. The summed E-state index contributed by atoms with van der Waals surface area (Å²) >= 11 is 0. The summed E-state index contributed by atoms with van der Waals surface area (Å²) in [5.74, 6) is -1.72. The van der Waals surface area contributed by atoms with Crippen LogP contribution < -0.4 is 5.32 Å². The van der Waals surface area contributed by atoms with Gasteiger partial charge in [0.2, 0.25) is 10.0 Å². The Kier molecular flexibility index (Phi) is 4.72. The lowest BCUT2D eigenvalue weighted by Crippen LogP contribution is -2.29. The first-order valence-electron chi connectivity index (χ1n) is 6.66. The van der Waals surface area contributed by atoms with Gasteiger partial charge in [-0.25, -0.2) is 17.2 Å². The number of hydrogen-bond acceptors (Lipinski definition) is 3. The Morgan fingerprint density at radius 3 is 2.50 bits per heavy atom. The second-order valence-electron chi connectivity index (χ2n) is 4.73. The minimum Gasteiger partial charge on any atom is -0.313 e. The zero-order valence-corrected chi connectivity index (χ0v) is 12.1. The Hall–Kier alpha value is -1.05. The van der Waals surface area contributed by atoms with E-state index < -0.39 is 26.6 Å². The van der Waals surface area contributed by atoms with Gasteiger partial charge in [-0.2, -0.15) is 4.31 Å². The maximum Gasteiger partial charge on any atom is 0.245 e. The molecule has 2 rings (SSSR count). The van der Waals surface area contributed by atoms with Crippen LogP contribution in [0.2, 0.25) is 0 Å². The van der Waals surface area contributed by atoms with Crippen molar-refractivity contribution in [3.63, 3.8) is 0 Å². The van der Waals surface area contributed by atoms with Crippen LogP contribution >= 0.6 is 0 Å². The number of benzene rings is 1. The summed E-state index contributed by atoms with van der Waals surface area (Å²) in [4.78, 5) is -0.436. The van der Waals surface area contributed by atoms with Crippen molar-refractivity contribution in [1.82, 2.24) is 9.62 Å². The molecule has 0 unspecified atom stereocenters. The molecule has 0 radical (unpaired) electrons. The molecule has 1 N–H and O–H groups in total. The number of nitrogens with one attached hydrogen (secondary N) is 1. The normalized spacial score (nSPS) is 16.8. The van der Waals surface area contributed by atoms with Crippen LogP contribution in [0.5, 0.6) is 0 Å². The van der Waals surface area contributed by atoms with Gasteiger partial charge in [0, 0.05) is 25.2 Å². The molecule has 1 heterocycles. The van der Waals surface area contributed by atoms with E-state index in [4.69, 9.17) is 0 Å². The van der Waals surface area contributed by atoms with E-state index in [1.165, 1.54) is 4.31 Å². The molecular formula is C13H18F2N2O2S. The van der Waals surface area contributed by atoms with Crippen LogP contribution in [0, 0.1) is 11.6 Å². The third-order valence-corrected chi connectivity index (χ3v) is 5.30. The summed E-state index contributed by atoms with van der Waals surface area (Å²) < 4.78 is 53.9. The van der Waals surface area contributed by atoms with Gasteiger partial charge in [0.1, 0.15) is 10.7 Å². The zero-order chi connectivity index (χ0) is 14.8. The predicted octanol–water partition coefficient (Wildman–Crippen LogP) is 1.86. The fourth-order valence-corrected chi connectivity index (χ4v) is 3.86. The molecule has 0 atom stereocenters. The molecule has 7 heteroatoms. The summed E-state index contributed by atoms with van der Waals surface area (Å²) in [5, 5.41) is 2.81. The molecule has 4 nitrogen and oxygen atoms in total. The molecule has 0 amide bonds. The van der Waals surface area contributed by atoms with Gasteiger partial charge < -0.3 is 5.32 Å². The van der Waals surface area contributed by atoms with Crippen LogP contribution in [0.1, 0.15) is 25.3 Å². The molecule has 1 saturated heterocycles. The molecule has 0 aromatic heterocycles. The molecule has 20 heavy (non-hydrogen) atoms. The highest BCUT2D eigenvalue weighted by atomic mass is 32.2. The molecule has 0 bridgehead atoms. The molecule has 1 aliphatic heterocycles. The average molecular weight is 304 g/mol. The summed E-state index contributed by atoms with van der Waals surface area (Å²) in [6, 6.07) is 2.02. The maximum absolute atomic E-state index is 14.3. The van der Waals surface area contributed by atoms with E-state index in [0.717, 1.165) is 25.0 Å². The number of sulfonamides is 1. The summed E-state index contributed by atoms with van der Waals surface area (Å²) in [5.41, 5.74) is -0.230. The van der Waals surface area contributed by atoms with Crippen molar-refractivity contribution >= 4 is 10.0 Å². The van der Waals surface area contributed by atoms with Crippen molar-refractivity contribution < 1.29 is 17.2 Å². The first-order valence-corrected chi connectivity index (χ1v) is 8.10. The minimum absolute atomic E-state index is 0.0302. The second kappa shape index (κ2) is 6.15. The van der Waals surface area contributed by atoms with Crippen molar-refractivity contribution in [2.45, 2.75) is 31.2 Å². The summed E-state index contributed by atoms with van der Waals surface area (Å²) in [7, 11) is -3.87. The standard InChI is InChI=1S/C13H18F2N2O2S/c1-2-16-9-10-11(14)5-6-12(13(10)15)20(18,19)17-7-3-4-8-17/h5-6,16H,2-4,7-9H2,1H3. The summed E-state index contributed by atoms with van der Waals surface area (Å²) in [6.07, 6.45) is 1.54. The number of nitrogens with zero attached hydrogens (tertiary/aromatic N) is 1. The first-order chi connectivity index (χ1) is 9.48. The van der Waals surface area contributed by atoms with Crippen molar-refractivity contribution in [3.05, 3.63) is 29.3 Å². The fraction of sp³-hybridized carbons (Fsp3) is 0.538. The van der Waals surface area contributed by atoms with Crippen LogP contribution in [0.25, 0.3) is 0 Å². The number of hydrogen-bond donors (Lipinski definition) is 1. The Morgan fingerprint density at radius 1 is 1.25 bits per heavy atom. The van der Waals surface area contributed by atoms with Gasteiger partial charge in [0.05, 0.1) is 0 Å². The van der Waals surface area contributed by atoms with Gasteiger partial charge in [-0.1, -0.05) is 6.92 Å². The topological polar surface area (TPSA) is 49.4 Å². The highest BCUT2D eigenvalue weighted by Crippen LogP contribution is 2.26.